The van der Waals surface area contributed by atoms with Gasteiger partial charge in [0.1, 0.15) is 0 Å². The number of nitrogens with zero attached hydrogens (tertiary/aromatic N) is 2. The molecule has 1 unspecified atom stereocenters. The molecule has 1 aliphatic heterocycles. The Morgan fingerprint density at radius 2 is 1.95 bits per heavy atom. The third-order valence-electron chi connectivity index (χ3n) is 4.51. The van der Waals surface area contributed by atoms with Crippen LogP contribution in [0.2, 0.25) is 0 Å². The first-order chi connectivity index (χ1) is 9.62. The summed E-state index contributed by atoms with van der Waals surface area (Å²) in [6, 6.07) is 4.73. The van der Waals surface area contributed by atoms with Crippen LogP contribution in [0.1, 0.15) is 30.5 Å². The summed E-state index contributed by atoms with van der Waals surface area (Å²) in [4.78, 5) is 2.47. The zero-order valence-electron chi connectivity index (χ0n) is 12.7. The number of aliphatic hydroxyl groups excluding tert-OH is 1. The molecule has 0 saturated carbocycles. The van der Waals surface area contributed by atoms with Crippen molar-refractivity contribution in [1.29, 1.82) is 0 Å². The van der Waals surface area contributed by atoms with Crippen molar-refractivity contribution in [3.05, 3.63) is 35.0 Å². The Balaban J connectivity index is 2.03. The Hall–Kier alpha value is -1.32. The highest BCUT2D eigenvalue weighted by Crippen LogP contribution is 2.31. The molecule has 2 aromatic rings. The number of aromatic nitrogens is 1. The van der Waals surface area contributed by atoms with Gasteiger partial charge in [0.05, 0.1) is 0 Å². The van der Waals surface area contributed by atoms with Gasteiger partial charge in [0.15, 0.2) is 0 Å². The molecule has 3 heteroatoms. The fraction of sp³-hybridized carbons (Fsp3) is 0.529. The number of aliphatic hydroxyl groups is 1. The Morgan fingerprint density at radius 1 is 1.25 bits per heavy atom. The summed E-state index contributed by atoms with van der Waals surface area (Å²) in [6.07, 6.45) is 3.17. The van der Waals surface area contributed by atoms with Crippen molar-refractivity contribution >= 4 is 10.9 Å². The zero-order valence-corrected chi connectivity index (χ0v) is 12.7. The second kappa shape index (κ2) is 5.23. The van der Waals surface area contributed by atoms with Crippen LogP contribution < -0.4 is 0 Å². The number of hydrogen-bond acceptors (Lipinski definition) is 2. The maximum atomic E-state index is 9.28. The molecule has 2 heterocycles. The summed E-state index contributed by atoms with van der Waals surface area (Å²) in [7, 11) is 2.12. The van der Waals surface area contributed by atoms with Gasteiger partial charge in [-0.05, 0) is 47.7 Å². The first-order valence-corrected chi connectivity index (χ1v) is 7.55. The molecule has 108 valence electrons. The van der Waals surface area contributed by atoms with Crippen LogP contribution in [-0.2, 0) is 26.6 Å². The van der Waals surface area contributed by atoms with Crippen molar-refractivity contribution in [3.63, 3.8) is 0 Å². The summed E-state index contributed by atoms with van der Waals surface area (Å²) in [5, 5.41) is 10.6. The van der Waals surface area contributed by atoms with Crippen LogP contribution in [0.15, 0.2) is 18.3 Å². The molecule has 3 rings (SSSR count). The van der Waals surface area contributed by atoms with Crippen molar-refractivity contribution in [2.24, 2.45) is 13.0 Å². The highest BCUT2D eigenvalue weighted by Gasteiger charge is 2.20. The van der Waals surface area contributed by atoms with E-state index >= 15 is 0 Å². The lowest BCUT2D eigenvalue weighted by atomic mass is 9.99. The molecule has 1 N–H and O–H groups in total. The molecule has 1 atom stereocenters. The van der Waals surface area contributed by atoms with Crippen molar-refractivity contribution in [2.75, 3.05) is 13.2 Å². The Bertz CT molecular complexity index is 629. The molecule has 20 heavy (non-hydrogen) atoms. The summed E-state index contributed by atoms with van der Waals surface area (Å²) >= 11 is 0. The van der Waals surface area contributed by atoms with Crippen LogP contribution in [0.5, 0.6) is 0 Å². The van der Waals surface area contributed by atoms with Gasteiger partial charge in [0.25, 0.3) is 0 Å². The van der Waals surface area contributed by atoms with E-state index in [1.807, 2.05) is 0 Å². The van der Waals surface area contributed by atoms with Crippen LogP contribution in [0.4, 0.5) is 0 Å². The molecule has 0 fully saturated rings. The van der Waals surface area contributed by atoms with Crippen molar-refractivity contribution < 1.29 is 5.11 Å². The van der Waals surface area contributed by atoms with Crippen LogP contribution in [-0.4, -0.2) is 27.7 Å². The van der Waals surface area contributed by atoms with Gasteiger partial charge in [-0.3, -0.25) is 4.90 Å². The lowest BCUT2D eigenvalue weighted by molar-refractivity contribution is 0.237. The minimum Gasteiger partial charge on any atom is -0.396 e. The average Bonchev–Trinajstić information content (AvgIpc) is 2.98. The smallest absolute Gasteiger partial charge is 0.0484 e. The summed E-state index contributed by atoms with van der Waals surface area (Å²) in [5.41, 5.74) is 5.63. The summed E-state index contributed by atoms with van der Waals surface area (Å²) in [6.45, 7) is 7.84. The Labute approximate surface area is 120 Å². The maximum absolute atomic E-state index is 9.28. The van der Waals surface area contributed by atoms with E-state index in [0.717, 1.165) is 26.1 Å². The van der Waals surface area contributed by atoms with E-state index in [4.69, 9.17) is 0 Å². The SMILES string of the molecule is CCN1Cc2cc3c(CC(C)CO)cn(C)c3cc2C1. The summed E-state index contributed by atoms with van der Waals surface area (Å²) in [5.74, 6) is 0.320. The highest BCUT2D eigenvalue weighted by molar-refractivity contribution is 5.85. The normalized spacial score (nSPS) is 16.8. The maximum Gasteiger partial charge on any atom is 0.0484 e. The number of fused-ring (bicyclic) bond motifs is 2. The van der Waals surface area contributed by atoms with E-state index < -0.39 is 0 Å². The van der Waals surface area contributed by atoms with Gasteiger partial charge in [0, 0.05) is 43.8 Å². The van der Waals surface area contributed by atoms with E-state index in [2.05, 4.69) is 48.7 Å². The molecule has 1 aromatic heterocycles. The average molecular weight is 272 g/mol. The van der Waals surface area contributed by atoms with Crippen LogP contribution in [0, 0.1) is 5.92 Å². The van der Waals surface area contributed by atoms with Gasteiger partial charge >= 0.3 is 0 Å². The molecular formula is C17H24N2O. The Kier molecular flexibility index (Phi) is 3.57. The molecule has 0 radical (unpaired) electrons. The van der Waals surface area contributed by atoms with Crippen molar-refractivity contribution in [3.8, 4) is 0 Å². The van der Waals surface area contributed by atoms with E-state index in [0.29, 0.717) is 5.92 Å². The molecule has 0 saturated heterocycles. The fourth-order valence-corrected chi connectivity index (χ4v) is 3.26. The predicted octanol–water partition coefficient (Wildman–Crippen LogP) is 2.68. The number of benzene rings is 1. The second-order valence-corrected chi connectivity index (χ2v) is 6.20. The van der Waals surface area contributed by atoms with Gasteiger partial charge in [-0.15, -0.1) is 0 Å². The van der Waals surface area contributed by atoms with Crippen molar-refractivity contribution in [1.82, 2.24) is 9.47 Å². The Morgan fingerprint density at radius 3 is 2.60 bits per heavy atom. The van der Waals surface area contributed by atoms with E-state index in [1.54, 1.807) is 0 Å². The third kappa shape index (κ3) is 2.25. The molecule has 1 aromatic carbocycles. The minimum atomic E-state index is 0.255. The van der Waals surface area contributed by atoms with Gasteiger partial charge < -0.3 is 9.67 Å². The fourth-order valence-electron chi connectivity index (χ4n) is 3.26. The largest absolute Gasteiger partial charge is 0.396 e. The van der Waals surface area contributed by atoms with E-state index in [1.165, 1.54) is 27.6 Å². The minimum absolute atomic E-state index is 0.255. The first-order valence-electron chi connectivity index (χ1n) is 7.55. The molecule has 3 nitrogen and oxygen atoms in total. The monoisotopic (exact) mass is 272 g/mol. The quantitative estimate of drug-likeness (QED) is 0.927. The van der Waals surface area contributed by atoms with Crippen LogP contribution >= 0.6 is 0 Å². The predicted molar refractivity (Wildman–Crippen MR) is 82.7 cm³/mol. The molecule has 0 bridgehead atoms. The van der Waals surface area contributed by atoms with Gasteiger partial charge in [0.2, 0.25) is 0 Å². The topological polar surface area (TPSA) is 28.4 Å². The first kappa shape index (κ1) is 13.7. The molecule has 0 aliphatic carbocycles. The van der Waals surface area contributed by atoms with Gasteiger partial charge in [-0.2, -0.15) is 0 Å². The van der Waals surface area contributed by atoms with Crippen molar-refractivity contribution in [2.45, 2.75) is 33.4 Å². The molecule has 1 aliphatic rings. The van der Waals surface area contributed by atoms with Gasteiger partial charge in [-0.1, -0.05) is 13.8 Å². The zero-order chi connectivity index (χ0) is 14.3. The summed E-state index contributed by atoms with van der Waals surface area (Å²) < 4.78 is 2.23. The lowest BCUT2D eigenvalue weighted by Crippen LogP contribution is -2.14. The highest BCUT2D eigenvalue weighted by atomic mass is 16.3. The molecule has 0 amide bonds. The van der Waals surface area contributed by atoms with Crippen LogP contribution in [0.25, 0.3) is 10.9 Å². The number of rotatable bonds is 4. The van der Waals surface area contributed by atoms with E-state index in [9.17, 15) is 5.11 Å². The molecule has 0 spiro atoms. The number of hydrogen-bond donors (Lipinski definition) is 1. The number of aryl methyl sites for hydroxylation is 1. The lowest BCUT2D eigenvalue weighted by Gasteiger charge is -2.09. The van der Waals surface area contributed by atoms with E-state index in [-0.39, 0.29) is 6.61 Å². The van der Waals surface area contributed by atoms with Crippen LogP contribution in [0.3, 0.4) is 0 Å². The molecular weight excluding hydrogens is 248 g/mol. The standard InChI is InChI=1S/C17H24N2O/c1-4-19-9-13-6-16-15(5-12(2)11-20)8-18(3)17(16)7-14(13)10-19/h6-8,12,20H,4-5,9-11H2,1-3H3. The van der Waals surface area contributed by atoms with Gasteiger partial charge in [-0.25, -0.2) is 0 Å². The third-order valence-corrected chi connectivity index (χ3v) is 4.51. The second-order valence-electron chi connectivity index (χ2n) is 6.20.